The lowest BCUT2D eigenvalue weighted by atomic mass is 9.92. The van der Waals surface area contributed by atoms with Crippen LogP contribution >= 0.6 is 0 Å². The van der Waals surface area contributed by atoms with Crippen molar-refractivity contribution in [2.24, 2.45) is 7.05 Å². The summed E-state index contributed by atoms with van der Waals surface area (Å²) in [5.41, 5.74) is 1.46. The molecule has 7 heteroatoms. The van der Waals surface area contributed by atoms with Gasteiger partial charge in [-0.2, -0.15) is 5.10 Å². The fourth-order valence-electron chi connectivity index (χ4n) is 3.31. The van der Waals surface area contributed by atoms with Crippen LogP contribution in [0.5, 0.6) is 0 Å². The number of cyclic esters (lactones) is 1. The molecule has 3 heterocycles. The third-order valence-corrected chi connectivity index (χ3v) is 4.85. The number of carbonyl (C=O) groups excluding carboxylic acids is 2. The van der Waals surface area contributed by atoms with Gasteiger partial charge < -0.3 is 14.5 Å². The largest absolute Gasteiger partial charge is 0.448 e. The van der Waals surface area contributed by atoms with Crippen molar-refractivity contribution in [1.29, 1.82) is 0 Å². The summed E-state index contributed by atoms with van der Waals surface area (Å²) in [6.07, 6.45) is 1.37. The van der Waals surface area contributed by atoms with Crippen LogP contribution in [0.25, 0.3) is 0 Å². The fourth-order valence-corrected chi connectivity index (χ4v) is 3.31. The molecule has 132 valence electrons. The predicted molar refractivity (Wildman–Crippen MR) is 88.9 cm³/mol. The Kier molecular flexibility index (Phi) is 4.27. The minimum absolute atomic E-state index is 0.0166. The summed E-state index contributed by atoms with van der Waals surface area (Å²) in [7, 11) is 1.81. The monoisotopic (exact) mass is 334 g/mol. The van der Waals surface area contributed by atoms with Crippen LogP contribution in [0, 0.1) is 0 Å². The summed E-state index contributed by atoms with van der Waals surface area (Å²) in [5, 5.41) is 4.49. The zero-order valence-corrected chi connectivity index (χ0v) is 14.9. The van der Waals surface area contributed by atoms with Crippen LogP contribution in [0.2, 0.25) is 0 Å². The zero-order chi connectivity index (χ0) is 17.5. The third kappa shape index (κ3) is 3.12. The van der Waals surface area contributed by atoms with Crippen molar-refractivity contribution in [2.45, 2.75) is 45.1 Å². The molecule has 0 spiro atoms. The molecule has 2 saturated heterocycles. The van der Waals surface area contributed by atoms with Crippen molar-refractivity contribution in [3.8, 4) is 0 Å². The van der Waals surface area contributed by atoms with E-state index in [1.807, 2.05) is 18.0 Å². The van der Waals surface area contributed by atoms with E-state index >= 15 is 0 Å². The maximum absolute atomic E-state index is 12.8. The Balaban J connectivity index is 1.65. The van der Waals surface area contributed by atoms with Crippen molar-refractivity contribution in [2.75, 3.05) is 26.2 Å². The highest BCUT2D eigenvalue weighted by Crippen LogP contribution is 2.24. The number of rotatable bonds is 2. The van der Waals surface area contributed by atoms with E-state index in [0.717, 1.165) is 18.5 Å². The molecule has 0 saturated carbocycles. The quantitative estimate of drug-likeness (QED) is 0.827. The SMILES string of the molecule is Cn1nc(C(C)(C)C)cc1C(=O)N1CCC(N2CCOC2=O)CC1. The summed E-state index contributed by atoms with van der Waals surface area (Å²) in [6, 6.07) is 2.08. The number of aryl methyl sites for hydroxylation is 1. The molecule has 7 nitrogen and oxygen atoms in total. The smallest absolute Gasteiger partial charge is 0.410 e. The normalized spacial score (nSPS) is 19.8. The molecule has 2 fully saturated rings. The summed E-state index contributed by atoms with van der Waals surface area (Å²) in [6.45, 7) is 8.71. The van der Waals surface area contributed by atoms with E-state index in [4.69, 9.17) is 4.74 Å². The lowest BCUT2D eigenvalue weighted by molar-refractivity contribution is 0.0648. The molecule has 2 aliphatic rings. The highest BCUT2D eigenvalue weighted by molar-refractivity contribution is 5.92. The first-order chi connectivity index (χ1) is 11.3. The minimum atomic E-state index is -0.221. The summed E-state index contributed by atoms with van der Waals surface area (Å²) >= 11 is 0. The first-order valence-corrected chi connectivity index (χ1v) is 8.54. The van der Waals surface area contributed by atoms with Gasteiger partial charge in [0.2, 0.25) is 0 Å². The van der Waals surface area contributed by atoms with Crippen molar-refractivity contribution in [3.63, 3.8) is 0 Å². The molecular weight excluding hydrogens is 308 g/mol. The van der Waals surface area contributed by atoms with Crippen molar-refractivity contribution in [3.05, 3.63) is 17.5 Å². The number of hydrogen-bond acceptors (Lipinski definition) is 4. The van der Waals surface area contributed by atoms with Gasteiger partial charge in [-0.1, -0.05) is 20.8 Å². The number of piperidine rings is 1. The Morgan fingerprint density at radius 3 is 2.42 bits per heavy atom. The molecule has 0 bridgehead atoms. The highest BCUT2D eigenvalue weighted by Gasteiger charge is 2.34. The number of amides is 2. The Hall–Kier alpha value is -2.05. The summed E-state index contributed by atoms with van der Waals surface area (Å²) in [4.78, 5) is 28.1. The van der Waals surface area contributed by atoms with Crippen LogP contribution in [0.4, 0.5) is 4.79 Å². The number of hydrogen-bond donors (Lipinski definition) is 0. The number of ether oxygens (including phenoxy) is 1. The van der Waals surface area contributed by atoms with Gasteiger partial charge in [-0.15, -0.1) is 0 Å². The maximum atomic E-state index is 12.8. The van der Waals surface area contributed by atoms with Gasteiger partial charge in [0.1, 0.15) is 12.3 Å². The van der Waals surface area contributed by atoms with Crippen molar-refractivity contribution in [1.82, 2.24) is 19.6 Å². The lowest BCUT2D eigenvalue weighted by Gasteiger charge is -2.35. The average Bonchev–Trinajstić information content (AvgIpc) is 3.12. The second kappa shape index (κ2) is 6.11. The van der Waals surface area contributed by atoms with E-state index < -0.39 is 0 Å². The van der Waals surface area contributed by atoms with Gasteiger partial charge in [0.15, 0.2) is 0 Å². The van der Waals surface area contributed by atoms with Crippen molar-refractivity contribution >= 4 is 12.0 Å². The fraction of sp³-hybridized carbons (Fsp3) is 0.706. The van der Waals surface area contributed by atoms with Gasteiger partial charge in [0.05, 0.1) is 12.2 Å². The van der Waals surface area contributed by atoms with Crippen LogP contribution in [0.1, 0.15) is 49.8 Å². The van der Waals surface area contributed by atoms with E-state index in [2.05, 4.69) is 25.9 Å². The number of carbonyl (C=O) groups is 2. The molecule has 0 N–H and O–H groups in total. The topological polar surface area (TPSA) is 67.7 Å². The Bertz CT molecular complexity index is 639. The van der Waals surface area contributed by atoms with Crippen molar-refractivity contribution < 1.29 is 14.3 Å². The standard InChI is InChI=1S/C17H26N4O3/c1-17(2,3)14-11-13(19(4)18-14)15(22)20-7-5-12(6-8-20)21-9-10-24-16(21)23/h11-12H,5-10H2,1-4H3. The Morgan fingerprint density at radius 1 is 1.25 bits per heavy atom. The molecule has 24 heavy (non-hydrogen) atoms. The van der Waals surface area contributed by atoms with Gasteiger partial charge in [-0.05, 0) is 18.9 Å². The van der Waals surface area contributed by atoms with Crippen LogP contribution in [-0.4, -0.2) is 63.9 Å². The van der Waals surface area contributed by atoms with E-state index in [0.29, 0.717) is 31.9 Å². The van der Waals surface area contributed by atoms with E-state index in [-0.39, 0.29) is 23.5 Å². The molecular formula is C17H26N4O3. The van der Waals surface area contributed by atoms with Gasteiger partial charge >= 0.3 is 6.09 Å². The Labute approximate surface area is 142 Å². The molecule has 0 atom stereocenters. The number of likely N-dealkylation sites (tertiary alicyclic amines) is 1. The summed E-state index contributed by atoms with van der Waals surface area (Å²) in [5.74, 6) is 0.0166. The van der Waals surface area contributed by atoms with E-state index in [9.17, 15) is 9.59 Å². The molecule has 2 amide bonds. The maximum Gasteiger partial charge on any atom is 0.410 e. The molecule has 0 aliphatic carbocycles. The number of nitrogens with zero attached hydrogens (tertiary/aromatic N) is 4. The second-order valence-electron chi connectivity index (χ2n) is 7.62. The van der Waals surface area contributed by atoms with Crippen LogP contribution in [-0.2, 0) is 17.2 Å². The molecule has 2 aliphatic heterocycles. The highest BCUT2D eigenvalue weighted by atomic mass is 16.6. The van der Waals surface area contributed by atoms with Crippen LogP contribution in [0.15, 0.2) is 6.07 Å². The van der Waals surface area contributed by atoms with Crippen LogP contribution in [0.3, 0.4) is 0 Å². The second-order valence-corrected chi connectivity index (χ2v) is 7.62. The van der Waals surface area contributed by atoms with E-state index in [1.54, 1.807) is 9.58 Å². The molecule has 1 aromatic rings. The van der Waals surface area contributed by atoms with Gasteiger partial charge in [-0.25, -0.2) is 4.79 Å². The molecule has 3 rings (SSSR count). The predicted octanol–water partition coefficient (Wildman–Crippen LogP) is 1.77. The molecule has 0 radical (unpaired) electrons. The van der Waals surface area contributed by atoms with Gasteiger partial charge in [0.25, 0.3) is 5.91 Å². The lowest BCUT2D eigenvalue weighted by Crippen LogP contribution is -2.47. The number of aromatic nitrogens is 2. The molecule has 0 unspecified atom stereocenters. The molecule has 0 aromatic carbocycles. The first kappa shape index (κ1) is 16.8. The average molecular weight is 334 g/mol. The van der Waals surface area contributed by atoms with Gasteiger partial charge in [-0.3, -0.25) is 9.48 Å². The summed E-state index contributed by atoms with van der Waals surface area (Å²) < 4.78 is 6.68. The van der Waals surface area contributed by atoms with E-state index in [1.165, 1.54) is 0 Å². The van der Waals surface area contributed by atoms with Crippen LogP contribution < -0.4 is 0 Å². The zero-order valence-electron chi connectivity index (χ0n) is 14.9. The van der Waals surface area contributed by atoms with Gasteiger partial charge in [0, 0.05) is 31.6 Å². The third-order valence-electron chi connectivity index (χ3n) is 4.85. The Morgan fingerprint density at radius 2 is 1.92 bits per heavy atom. The molecule has 1 aromatic heterocycles. The minimum Gasteiger partial charge on any atom is -0.448 e. The first-order valence-electron chi connectivity index (χ1n) is 8.54.